The number of hydrogen-bond donors (Lipinski definition) is 3. The van der Waals surface area contributed by atoms with E-state index in [9.17, 15) is 24.3 Å². The molecule has 0 fully saturated rings. The summed E-state index contributed by atoms with van der Waals surface area (Å²) in [5, 5.41) is 15.1. The van der Waals surface area contributed by atoms with Crippen molar-refractivity contribution in [1.29, 1.82) is 0 Å². The molecule has 0 aromatic carbocycles. The molecule has 0 aliphatic carbocycles. The van der Waals surface area contributed by atoms with E-state index in [4.69, 9.17) is 9.47 Å². The molecule has 1 atom stereocenters. The van der Waals surface area contributed by atoms with Crippen molar-refractivity contribution < 1.29 is 85.1 Å². The smallest absolute Gasteiger partial charge is 0.541 e. The van der Waals surface area contributed by atoms with Crippen LogP contribution >= 0.6 is 0 Å². The van der Waals surface area contributed by atoms with Gasteiger partial charge in [0.05, 0.1) is 19.8 Å². The normalized spacial score (nSPS) is 13.4. The van der Waals surface area contributed by atoms with Gasteiger partial charge in [0, 0.05) is 24.0 Å². The number of rotatable bonds is 17. The van der Waals surface area contributed by atoms with E-state index in [0.29, 0.717) is 32.8 Å². The third kappa shape index (κ3) is 16.5. The summed E-state index contributed by atoms with van der Waals surface area (Å²) >= 11 is 0. The fourth-order valence-corrected chi connectivity index (χ4v) is 3.69. The van der Waals surface area contributed by atoms with Gasteiger partial charge < -0.3 is 30.0 Å². The molecule has 10 heteroatoms. The Morgan fingerprint density at radius 2 is 1.42 bits per heavy atom. The largest absolute Gasteiger partial charge is 1.00 e. The van der Waals surface area contributed by atoms with Crippen molar-refractivity contribution in [3.05, 3.63) is 0 Å². The zero-order valence-electron chi connectivity index (χ0n) is 24.1. The molecule has 1 unspecified atom stereocenters. The van der Waals surface area contributed by atoms with E-state index in [1.54, 1.807) is 27.7 Å². The molecule has 0 saturated carbocycles. The van der Waals surface area contributed by atoms with Crippen molar-refractivity contribution in [3.63, 3.8) is 0 Å². The van der Waals surface area contributed by atoms with Gasteiger partial charge in [-0.1, -0.05) is 62.3 Å². The fraction of sp³-hybridized carbons (Fsp3) is 0.846. The van der Waals surface area contributed by atoms with Crippen molar-refractivity contribution in [2.24, 2.45) is 21.7 Å². The van der Waals surface area contributed by atoms with Crippen molar-refractivity contribution in [2.75, 3.05) is 33.0 Å². The number of aliphatic carboxylic acids is 1. The second kappa shape index (κ2) is 16.6. The minimum atomic E-state index is -1.12. The van der Waals surface area contributed by atoms with Gasteiger partial charge >= 0.3 is 57.4 Å². The number of amides is 2. The molecule has 0 aliphatic rings. The van der Waals surface area contributed by atoms with Crippen molar-refractivity contribution in [2.45, 2.75) is 87.6 Å². The van der Waals surface area contributed by atoms with Gasteiger partial charge in [-0.2, -0.15) is 0 Å². The van der Waals surface area contributed by atoms with Crippen molar-refractivity contribution in [1.82, 2.24) is 10.6 Å². The maximum atomic E-state index is 12.8. The van der Waals surface area contributed by atoms with Crippen molar-refractivity contribution >= 4 is 24.1 Å². The van der Waals surface area contributed by atoms with Gasteiger partial charge in [-0.15, -0.1) is 5.41 Å². The molecule has 0 rings (SSSR count). The maximum absolute atomic E-state index is 12.8. The molecule has 0 saturated heterocycles. The molecule has 0 bridgehead atoms. The first kappa shape index (κ1) is 37.8. The third-order valence-corrected chi connectivity index (χ3v) is 5.51. The predicted molar refractivity (Wildman–Crippen MR) is 135 cm³/mol. The average Bonchev–Trinajstić information content (AvgIpc) is 2.70. The van der Waals surface area contributed by atoms with E-state index in [0.717, 1.165) is 0 Å². The SMILES string of the molecule is CC(C)(C)CC(C)(C)C(=O)NC(CCC(C)(C)C(=O)NCCOCCOCC(C)(C)[C-]=O)C(=O)O.[K+]. The van der Waals surface area contributed by atoms with Crippen LogP contribution in [0.5, 0.6) is 0 Å². The zero-order valence-corrected chi connectivity index (χ0v) is 27.3. The van der Waals surface area contributed by atoms with Crippen LogP contribution in [0.1, 0.15) is 81.6 Å². The van der Waals surface area contributed by atoms with E-state index in [2.05, 4.69) is 10.6 Å². The molecule has 36 heavy (non-hydrogen) atoms. The predicted octanol–water partition coefficient (Wildman–Crippen LogP) is 0.114. The molecule has 2 amide bonds. The number of carbonyl (C=O) groups excluding carboxylic acids is 3. The van der Waals surface area contributed by atoms with Gasteiger partial charge in [0.1, 0.15) is 6.04 Å². The molecule has 0 aromatic heterocycles. The van der Waals surface area contributed by atoms with Crippen LogP contribution in [-0.4, -0.2) is 68.2 Å². The average molecular weight is 539 g/mol. The number of hydrogen-bond acceptors (Lipinski definition) is 6. The van der Waals surface area contributed by atoms with Gasteiger partial charge in [0.15, 0.2) is 0 Å². The summed E-state index contributed by atoms with van der Waals surface area (Å²) in [6.45, 7) is 18.2. The topological polar surface area (TPSA) is 131 Å². The van der Waals surface area contributed by atoms with E-state index < -0.39 is 28.3 Å². The second-order valence-electron chi connectivity index (χ2n) is 12.3. The Morgan fingerprint density at radius 3 is 1.92 bits per heavy atom. The summed E-state index contributed by atoms with van der Waals surface area (Å²) in [4.78, 5) is 47.8. The van der Waals surface area contributed by atoms with E-state index in [1.165, 1.54) is 0 Å². The van der Waals surface area contributed by atoms with Crippen LogP contribution in [0.3, 0.4) is 0 Å². The Kier molecular flexibility index (Phi) is 17.4. The third-order valence-electron chi connectivity index (χ3n) is 5.51. The van der Waals surface area contributed by atoms with Crippen LogP contribution in [0.2, 0.25) is 0 Å². The number of carbonyl (C=O) groups is 3. The van der Waals surface area contributed by atoms with Crippen molar-refractivity contribution in [3.8, 4) is 0 Å². The molecular formula is C26H47KN2O7. The summed E-state index contributed by atoms with van der Waals surface area (Å²) in [6.07, 6.45) is 2.94. The number of ether oxygens (including phenoxy) is 2. The van der Waals surface area contributed by atoms with Crippen LogP contribution in [0.15, 0.2) is 0 Å². The first-order valence-corrected chi connectivity index (χ1v) is 12.2. The maximum Gasteiger partial charge on any atom is 1.00 e. The zero-order chi connectivity index (χ0) is 27.5. The Bertz CT molecular complexity index is 716. The standard InChI is InChI=1S/C26H47N2O7.K/c1-23(2,3)16-26(8,9)22(33)28-19(20(30)31)10-11-25(6,7)21(32)27-12-13-34-14-15-35-18-24(4,5)17-29;/h19H,10-16,18H2,1-9H3,(H,27,32)(H,28,33)(H,30,31);/q-1;+1. The molecule has 0 aromatic rings. The minimum absolute atomic E-state index is 0. The first-order valence-electron chi connectivity index (χ1n) is 12.2. The summed E-state index contributed by atoms with van der Waals surface area (Å²) in [5.41, 5.74) is -2.26. The minimum Gasteiger partial charge on any atom is -0.541 e. The van der Waals surface area contributed by atoms with Gasteiger partial charge in [-0.3, -0.25) is 15.9 Å². The Labute approximate surface area is 260 Å². The quantitative estimate of drug-likeness (QED) is 0.136. The monoisotopic (exact) mass is 538 g/mol. The molecule has 0 heterocycles. The van der Waals surface area contributed by atoms with Crippen LogP contribution in [0, 0.1) is 21.7 Å². The fourth-order valence-electron chi connectivity index (χ4n) is 3.69. The van der Waals surface area contributed by atoms with E-state index >= 15 is 0 Å². The van der Waals surface area contributed by atoms with Crippen LogP contribution in [-0.2, 0) is 28.7 Å². The molecule has 3 N–H and O–H groups in total. The van der Waals surface area contributed by atoms with E-state index in [1.807, 2.05) is 40.9 Å². The number of carboxylic acid groups (broad SMARTS) is 1. The second-order valence-corrected chi connectivity index (χ2v) is 12.3. The molecule has 0 aliphatic heterocycles. The number of carboxylic acids is 1. The van der Waals surface area contributed by atoms with Crippen LogP contribution in [0.4, 0.5) is 0 Å². The van der Waals surface area contributed by atoms with Crippen LogP contribution in [0.25, 0.3) is 0 Å². The van der Waals surface area contributed by atoms with E-state index in [-0.39, 0.29) is 88.1 Å². The van der Waals surface area contributed by atoms with Gasteiger partial charge in [-0.05, 0) is 24.7 Å². The molecular weight excluding hydrogens is 491 g/mol. The Hall–Kier alpha value is -0.364. The molecule has 0 radical (unpaired) electrons. The molecule has 0 spiro atoms. The Morgan fingerprint density at radius 1 is 0.861 bits per heavy atom. The number of nitrogens with one attached hydrogen (secondary N) is 2. The van der Waals surface area contributed by atoms with Gasteiger partial charge in [0.25, 0.3) is 0 Å². The summed E-state index contributed by atoms with van der Waals surface area (Å²) in [7, 11) is 0. The summed E-state index contributed by atoms with van der Waals surface area (Å²) < 4.78 is 10.8. The molecule has 204 valence electrons. The summed E-state index contributed by atoms with van der Waals surface area (Å²) in [6, 6.07) is -1.07. The first-order chi connectivity index (χ1) is 15.8. The Balaban J connectivity index is 0. The van der Waals surface area contributed by atoms with Gasteiger partial charge in [0.2, 0.25) is 11.8 Å². The van der Waals surface area contributed by atoms with Gasteiger partial charge in [-0.25, -0.2) is 4.79 Å². The molecule has 9 nitrogen and oxygen atoms in total. The summed E-state index contributed by atoms with van der Waals surface area (Å²) in [5.74, 6) is -1.65. The van der Waals surface area contributed by atoms with Crippen LogP contribution < -0.4 is 62.0 Å².